The van der Waals surface area contributed by atoms with Gasteiger partial charge in [0.05, 0.1) is 6.54 Å². The predicted molar refractivity (Wildman–Crippen MR) is 72.3 cm³/mol. The van der Waals surface area contributed by atoms with Crippen LogP contribution in [0.15, 0.2) is 0 Å². The third-order valence-corrected chi connectivity index (χ3v) is 5.22. The first-order chi connectivity index (χ1) is 8.99. The molecule has 7 heteroatoms. The number of hydrogen-bond acceptors (Lipinski definition) is 4. The molecule has 2 saturated heterocycles. The summed E-state index contributed by atoms with van der Waals surface area (Å²) in [5.41, 5.74) is 5.88. The van der Waals surface area contributed by atoms with Crippen molar-refractivity contribution >= 4 is 11.8 Å². The highest BCUT2D eigenvalue weighted by atomic mass is 32.2. The van der Waals surface area contributed by atoms with Gasteiger partial charge in [-0.05, 0) is 23.8 Å². The van der Waals surface area contributed by atoms with Crippen molar-refractivity contribution in [2.24, 2.45) is 11.7 Å². The Labute approximate surface area is 116 Å². The maximum Gasteiger partial charge on any atom is 0.401 e. The number of alkyl halides is 3. The Morgan fingerprint density at radius 1 is 1.21 bits per heavy atom. The Morgan fingerprint density at radius 2 is 1.89 bits per heavy atom. The van der Waals surface area contributed by atoms with E-state index < -0.39 is 12.7 Å². The maximum absolute atomic E-state index is 12.3. The smallest absolute Gasteiger partial charge is 0.329 e. The van der Waals surface area contributed by atoms with Crippen molar-refractivity contribution in [1.29, 1.82) is 0 Å². The van der Waals surface area contributed by atoms with Gasteiger partial charge in [0.15, 0.2) is 0 Å². The van der Waals surface area contributed by atoms with E-state index in [1.54, 1.807) is 0 Å². The minimum atomic E-state index is -4.09. The van der Waals surface area contributed by atoms with Crippen LogP contribution in [0.5, 0.6) is 0 Å². The Hall–Kier alpha value is 0.0200. The molecule has 2 aliphatic rings. The summed E-state index contributed by atoms with van der Waals surface area (Å²) in [6, 6.07) is 0.350. The minimum absolute atomic E-state index is 0.350. The van der Waals surface area contributed by atoms with Crippen molar-refractivity contribution in [3.63, 3.8) is 0 Å². The van der Waals surface area contributed by atoms with E-state index in [1.165, 1.54) is 17.1 Å². The van der Waals surface area contributed by atoms with Crippen LogP contribution in [0.1, 0.15) is 6.42 Å². The lowest BCUT2D eigenvalue weighted by Gasteiger charge is -2.41. The average molecular weight is 297 g/mol. The second kappa shape index (κ2) is 6.65. The predicted octanol–water partition coefficient (Wildman–Crippen LogP) is 1.25. The fourth-order valence-corrected chi connectivity index (χ4v) is 4.33. The summed E-state index contributed by atoms with van der Waals surface area (Å²) in [7, 11) is 0. The van der Waals surface area contributed by atoms with E-state index >= 15 is 0 Å². The molecule has 2 heterocycles. The van der Waals surface area contributed by atoms with Gasteiger partial charge in [-0.15, -0.1) is 0 Å². The van der Waals surface area contributed by atoms with Gasteiger partial charge in [-0.3, -0.25) is 9.80 Å². The highest BCUT2D eigenvalue weighted by Gasteiger charge is 2.35. The van der Waals surface area contributed by atoms with Crippen molar-refractivity contribution in [3.8, 4) is 0 Å². The van der Waals surface area contributed by atoms with Crippen molar-refractivity contribution in [2.75, 3.05) is 50.8 Å². The van der Waals surface area contributed by atoms with E-state index in [0.717, 1.165) is 5.75 Å². The zero-order valence-corrected chi connectivity index (χ0v) is 11.8. The lowest BCUT2D eigenvalue weighted by atomic mass is 9.97. The van der Waals surface area contributed by atoms with Gasteiger partial charge in [0, 0.05) is 38.8 Å². The third kappa shape index (κ3) is 4.51. The molecule has 0 bridgehead atoms. The van der Waals surface area contributed by atoms with Gasteiger partial charge in [-0.25, -0.2) is 0 Å². The fraction of sp³-hybridized carbons (Fsp3) is 1.00. The molecule has 19 heavy (non-hydrogen) atoms. The number of nitrogens with two attached hydrogens (primary N) is 1. The Bertz CT molecular complexity index is 274. The van der Waals surface area contributed by atoms with Crippen LogP contribution in [-0.4, -0.2) is 72.8 Å². The van der Waals surface area contributed by atoms with Crippen molar-refractivity contribution < 1.29 is 13.2 Å². The summed E-state index contributed by atoms with van der Waals surface area (Å²) in [5.74, 6) is 2.95. The molecule has 0 saturated carbocycles. The first-order valence-electron chi connectivity index (χ1n) is 6.80. The molecular weight excluding hydrogens is 275 g/mol. The average Bonchev–Trinajstić information content (AvgIpc) is 2.84. The first kappa shape index (κ1) is 15.4. The Morgan fingerprint density at radius 3 is 2.37 bits per heavy atom. The summed E-state index contributed by atoms with van der Waals surface area (Å²) in [5, 5.41) is 0. The molecule has 2 aliphatic heterocycles. The molecule has 2 atom stereocenters. The molecule has 2 N–H and O–H groups in total. The normalized spacial score (nSPS) is 28.7. The quantitative estimate of drug-likeness (QED) is 0.846. The van der Waals surface area contributed by atoms with Gasteiger partial charge in [0.1, 0.15) is 0 Å². The molecule has 2 rings (SSSR count). The Kier molecular flexibility index (Phi) is 5.39. The molecule has 2 unspecified atom stereocenters. The number of rotatable bonds is 4. The maximum atomic E-state index is 12.3. The largest absolute Gasteiger partial charge is 0.401 e. The van der Waals surface area contributed by atoms with Crippen LogP contribution < -0.4 is 5.73 Å². The van der Waals surface area contributed by atoms with Crippen LogP contribution in [0.4, 0.5) is 13.2 Å². The number of hydrogen-bond donors (Lipinski definition) is 1. The van der Waals surface area contributed by atoms with Crippen LogP contribution in [0, 0.1) is 5.92 Å². The highest BCUT2D eigenvalue weighted by Crippen LogP contribution is 2.29. The second-order valence-electron chi connectivity index (χ2n) is 5.35. The molecular formula is C12H22F3N3S. The lowest BCUT2D eigenvalue weighted by Crippen LogP contribution is -2.55. The topological polar surface area (TPSA) is 32.5 Å². The summed E-state index contributed by atoms with van der Waals surface area (Å²) in [6.07, 6.45) is -2.90. The van der Waals surface area contributed by atoms with E-state index in [9.17, 15) is 13.2 Å². The van der Waals surface area contributed by atoms with Crippen LogP contribution in [0.25, 0.3) is 0 Å². The van der Waals surface area contributed by atoms with E-state index in [-0.39, 0.29) is 0 Å². The van der Waals surface area contributed by atoms with Crippen LogP contribution in [-0.2, 0) is 0 Å². The van der Waals surface area contributed by atoms with Gasteiger partial charge < -0.3 is 5.73 Å². The number of halogens is 3. The zero-order valence-electron chi connectivity index (χ0n) is 11.0. The molecule has 0 aliphatic carbocycles. The number of piperazine rings is 1. The molecule has 0 aromatic heterocycles. The van der Waals surface area contributed by atoms with Gasteiger partial charge in [-0.1, -0.05) is 0 Å². The third-order valence-electron chi connectivity index (χ3n) is 4.03. The highest BCUT2D eigenvalue weighted by molar-refractivity contribution is 7.99. The minimum Gasteiger partial charge on any atom is -0.329 e. The molecule has 0 aromatic rings. The fourth-order valence-electron chi connectivity index (χ4n) is 3.00. The van der Waals surface area contributed by atoms with Gasteiger partial charge >= 0.3 is 6.18 Å². The zero-order chi connectivity index (χ0) is 13.9. The molecule has 0 aromatic carbocycles. The lowest BCUT2D eigenvalue weighted by molar-refractivity contribution is -0.150. The summed E-state index contributed by atoms with van der Waals surface area (Å²) >= 11 is 1.96. The van der Waals surface area contributed by atoms with Crippen LogP contribution >= 0.6 is 11.8 Å². The van der Waals surface area contributed by atoms with Gasteiger partial charge in [0.25, 0.3) is 0 Å². The van der Waals surface area contributed by atoms with Crippen molar-refractivity contribution in [2.45, 2.75) is 18.6 Å². The van der Waals surface area contributed by atoms with E-state index in [1.807, 2.05) is 11.8 Å². The standard InChI is InChI=1S/C12H22F3N3S/c13-12(14,15)9-17-2-4-18(5-3-17)11(7-16)10-1-6-19-8-10/h10-11H,1-9,16H2. The molecule has 0 amide bonds. The summed E-state index contributed by atoms with van der Waals surface area (Å²) in [4.78, 5) is 3.79. The molecule has 3 nitrogen and oxygen atoms in total. The molecule has 0 spiro atoms. The molecule has 112 valence electrons. The van der Waals surface area contributed by atoms with Crippen molar-refractivity contribution in [1.82, 2.24) is 9.80 Å². The van der Waals surface area contributed by atoms with Crippen LogP contribution in [0.3, 0.4) is 0 Å². The van der Waals surface area contributed by atoms with E-state index in [4.69, 9.17) is 5.73 Å². The monoisotopic (exact) mass is 297 g/mol. The first-order valence-corrected chi connectivity index (χ1v) is 7.96. The summed E-state index contributed by atoms with van der Waals surface area (Å²) in [6.45, 7) is 2.24. The Balaban J connectivity index is 1.81. The molecule has 2 fully saturated rings. The number of thioether (sulfide) groups is 1. The van der Waals surface area contributed by atoms with Crippen LogP contribution in [0.2, 0.25) is 0 Å². The summed E-state index contributed by atoms with van der Waals surface area (Å²) < 4.78 is 37.0. The van der Waals surface area contributed by atoms with Crippen molar-refractivity contribution in [3.05, 3.63) is 0 Å². The van der Waals surface area contributed by atoms with Gasteiger partial charge in [-0.2, -0.15) is 24.9 Å². The molecule has 0 radical (unpaired) electrons. The second-order valence-corrected chi connectivity index (χ2v) is 6.50. The van der Waals surface area contributed by atoms with Gasteiger partial charge in [0.2, 0.25) is 0 Å². The van der Waals surface area contributed by atoms with E-state index in [2.05, 4.69) is 4.90 Å². The van der Waals surface area contributed by atoms with E-state index in [0.29, 0.717) is 44.7 Å². The number of nitrogens with zero attached hydrogens (tertiary/aromatic N) is 2. The SMILES string of the molecule is NCC(C1CCSC1)N1CCN(CC(F)(F)F)CC1.